The number of rotatable bonds is 45. The van der Waals surface area contributed by atoms with Gasteiger partial charge < -0.3 is 80.0 Å². The maximum absolute atomic E-state index is 15.8. The average Bonchev–Trinajstić information content (AvgIpc) is 0.759. The van der Waals surface area contributed by atoms with Crippen LogP contribution in [-0.4, -0.2) is 153 Å². The molecule has 10 amide bonds. The molecule has 0 aromatic heterocycles. The maximum Gasteiger partial charge on any atom is 0.326 e. The van der Waals surface area contributed by atoms with Crippen molar-refractivity contribution in [3.63, 3.8) is 0 Å². The summed E-state index contributed by atoms with van der Waals surface area (Å²) in [6.45, 7) is 13.0. The van der Waals surface area contributed by atoms with E-state index in [4.69, 9.17) is 11.5 Å². The topological polar surface area (TPSA) is 421 Å². The van der Waals surface area contributed by atoms with Crippen LogP contribution in [0.5, 0.6) is 0 Å². The van der Waals surface area contributed by atoms with Crippen molar-refractivity contribution >= 4 is 65.0 Å². The van der Waals surface area contributed by atoms with Crippen LogP contribution in [-0.2, 0) is 63.8 Å². The monoisotopic (exact) mass is 1510 g/mol. The highest BCUT2D eigenvalue weighted by molar-refractivity contribution is 6.01. The molecule has 0 bridgehead atoms. The Morgan fingerprint density at radius 2 is 0.655 bits per heavy atom. The first-order valence-electron chi connectivity index (χ1n) is 38.0. The summed E-state index contributed by atoms with van der Waals surface area (Å²) in [6, 6.07) is 39.4. The third-order valence-corrected chi connectivity index (χ3v) is 19.0. The Balaban J connectivity index is 1.44. The number of carboxylic acids is 1. The van der Waals surface area contributed by atoms with Crippen molar-refractivity contribution in [2.45, 2.75) is 217 Å². The summed E-state index contributed by atoms with van der Waals surface area (Å²) in [4.78, 5) is 160. The highest BCUT2D eigenvalue weighted by Gasteiger charge is 2.43. The van der Waals surface area contributed by atoms with Gasteiger partial charge in [0.05, 0.1) is 31.1 Å². The number of aliphatic hydroxyl groups is 2. The molecular weight excluding hydrogens is 1400 g/mol. The fraction of sp³-hybridized carbons (Fsp3) is 0.440. The van der Waals surface area contributed by atoms with Gasteiger partial charge in [0.25, 0.3) is 0 Å². The molecule has 6 rings (SSSR count). The van der Waals surface area contributed by atoms with Crippen LogP contribution in [0.25, 0.3) is 0 Å². The average molecular weight is 1510 g/mol. The van der Waals surface area contributed by atoms with Gasteiger partial charge in [-0.05, 0) is 105 Å². The second-order valence-corrected chi connectivity index (χ2v) is 28.9. The number of aliphatic carboxylic acids is 1. The number of carbonyl (C=O) groups is 11. The van der Waals surface area contributed by atoms with E-state index < -0.39 is 161 Å². The van der Waals surface area contributed by atoms with Crippen molar-refractivity contribution in [1.82, 2.24) is 53.2 Å². The molecule has 17 N–H and O–H groups in total. The van der Waals surface area contributed by atoms with Crippen LogP contribution < -0.4 is 64.6 Å². The molecule has 0 aliphatic rings. The predicted octanol–water partition coefficient (Wildman–Crippen LogP) is 5.64. The van der Waals surface area contributed by atoms with Crippen molar-refractivity contribution in [3.05, 3.63) is 215 Å². The van der Waals surface area contributed by atoms with Crippen LogP contribution in [0.1, 0.15) is 172 Å². The minimum Gasteiger partial charge on any atom is -0.480 e. The molecule has 0 fully saturated rings. The summed E-state index contributed by atoms with van der Waals surface area (Å²) in [7, 11) is 0. The fourth-order valence-corrected chi connectivity index (χ4v) is 13.2. The van der Waals surface area contributed by atoms with E-state index in [2.05, 4.69) is 60.1 Å². The number of benzene rings is 6. The molecule has 0 radical (unpaired) electrons. The zero-order chi connectivity index (χ0) is 80.5. The molecule has 0 aliphatic carbocycles. The summed E-state index contributed by atoms with van der Waals surface area (Å²) in [5.41, 5.74) is 12.2. The molecule has 0 saturated carbocycles. The van der Waals surface area contributed by atoms with E-state index in [1.165, 1.54) is 20.8 Å². The quantitative estimate of drug-likeness (QED) is 0.0162. The van der Waals surface area contributed by atoms with Gasteiger partial charge in [0.2, 0.25) is 59.1 Å². The number of unbranched alkanes of at least 4 members (excludes halogenated alkanes) is 5. The van der Waals surface area contributed by atoms with Crippen molar-refractivity contribution in [2.75, 3.05) is 6.54 Å². The van der Waals surface area contributed by atoms with Gasteiger partial charge in [-0.15, -0.1) is 0 Å². The SMILES string of the molecule is CCCCCCCC[C@@H](NC(=O)[C@@H](CC(C)C)NC(=O)[C@@H](NC(=O)[C@@H](CC(C)C)NC(=O)[C@@H](CC(=O)NC(c1ccccc1)(c1ccccc1)c1ccccc1)NC(=O)[C@H](CC(=O)NC(c1ccccc1)(c1ccccc1)c1ccccc1)NC(=O)[C@H](C)NC(=O)[C@@H](NC(=O)[C@@H](N)CCCN)[C@@H](C)O)[C@@H](C)O)C(=O)O. The van der Waals surface area contributed by atoms with Crippen molar-refractivity contribution in [1.29, 1.82) is 0 Å². The van der Waals surface area contributed by atoms with E-state index in [0.717, 1.165) is 32.1 Å². The Morgan fingerprint density at radius 3 is 1.00 bits per heavy atom. The molecule has 592 valence electrons. The summed E-state index contributed by atoms with van der Waals surface area (Å²) in [5.74, 6) is -11.8. The normalized spacial score (nSPS) is 14.5. The van der Waals surface area contributed by atoms with Gasteiger partial charge in [0, 0.05) is 0 Å². The molecule has 0 heterocycles. The number of carboxylic acid groups (broad SMARTS) is 1. The Hall–Kier alpha value is -10.7. The third kappa shape index (κ3) is 25.7. The number of hydrogen-bond acceptors (Lipinski definition) is 15. The van der Waals surface area contributed by atoms with E-state index in [-0.39, 0.29) is 38.1 Å². The van der Waals surface area contributed by atoms with Gasteiger partial charge in [0.15, 0.2) is 0 Å². The van der Waals surface area contributed by atoms with Crippen LogP contribution in [0, 0.1) is 11.8 Å². The molecular formula is C84H112N12O14. The van der Waals surface area contributed by atoms with Crippen LogP contribution >= 0.6 is 0 Å². The molecule has 110 heavy (non-hydrogen) atoms. The van der Waals surface area contributed by atoms with Crippen LogP contribution in [0.4, 0.5) is 0 Å². The molecule has 6 aromatic carbocycles. The number of carbonyl (C=O) groups excluding carboxylic acids is 10. The van der Waals surface area contributed by atoms with E-state index in [1.54, 1.807) is 210 Å². The van der Waals surface area contributed by atoms with Gasteiger partial charge >= 0.3 is 5.97 Å². The number of aliphatic hydroxyl groups excluding tert-OH is 2. The van der Waals surface area contributed by atoms with Crippen molar-refractivity contribution < 1.29 is 68.1 Å². The smallest absolute Gasteiger partial charge is 0.326 e. The fourth-order valence-electron chi connectivity index (χ4n) is 13.2. The van der Waals surface area contributed by atoms with Gasteiger partial charge in [-0.3, -0.25) is 47.9 Å². The van der Waals surface area contributed by atoms with Gasteiger partial charge in [-0.2, -0.15) is 0 Å². The Bertz CT molecular complexity index is 3740. The second-order valence-electron chi connectivity index (χ2n) is 28.9. The lowest BCUT2D eigenvalue weighted by atomic mass is 9.77. The standard InChI is InChI=1S/C84H112N12O14/c1-9-10-11-12-13-32-47-65(82(109)110)88-76(103)66(49-53(2)3)92-81(108)73(57(8)98)94-79(106)67(50-54(4)5)90-78(105)69(52-71(100)96-84(61-40-26-17-27-41-61,62-42-28-18-29-43-62)63-44-30-19-31-45-63)91-77(104)68(89-74(101)55(6)87-80(107)72(56(7)97)93-75(102)64(86)46-33-48-85)51-70(99)95-83(58-34-20-14-21-35-58,59-36-22-15-23-37-59)60-38-24-16-25-39-60/h14-31,34-45,53-57,64-69,72-73,97-98H,9-13,32-33,46-52,85-86H2,1-8H3,(H,87,107)(H,88,103)(H,89,101)(H,90,105)(H,91,104)(H,92,108)(H,93,102)(H,94,106)(H,95,99)(H,96,100)(H,109,110)/t55-,56+,57+,64-,65+,66+,67+,68-,69+,72-,73-/m0/s1. The summed E-state index contributed by atoms with van der Waals surface area (Å²) < 4.78 is 0. The maximum atomic E-state index is 15.8. The molecule has 0 saturated heterocycles. The minimum atomic E-state index is -2.02. The Morgan fingerprint density at radius 1 is 0.355 bits per heavy atom. The first kappa shape index (κ1) is 88.2. The molecule has 0 unspecified atom stereocenters. The van der Waals surface area contributed by atoms with Crippen molar-refractivity contribution in [2.24, 2.45) is 23.3 Å². The van der Waals surface area contributed by atoms with E-state index >= 15 is 19.2 Å². The number of hydrogen-bond donors (Lipinski definition) is 15. The van der Waals surface area contributed by atoms with Crippen LogP contribution in [0.2, 0.25) is 0 Å². The molecule has 0 aliphatic heterocycles. The van der Waals surface area contributed by atoms with E-state index in [1.807, 2.05) is 0 Å². The Labute approximate surface area is 645 Å². The van der Waals surface area contributed by atoms with Gasteiger partial charge in [-0.25, -0.2) is 4.79 Å². The lowest BCUT2D eigenvalue weighted by Gasteiger charge is -2.37. The lowest BCUT2D eigenvalue weighted by Crippen LogP contribution is -2.62. The zero-order valence-corrected chi connectivity index (χ0v) is 64.2. The highest BCUT2D eigenvalue weighted by atomic mass is 16.4. The summed E-state index contributed by atoms with van der Waals surface area (Å²) >= 11 is 0. The number of nitrogens with two attached hydrogens (primary N) is 2. The summed E-state index contributed by atoms with van der Waals surface area (Å²) in [5, 5.41) is 59.2. The third-order valence-electron chi connectivity index (χ3n) is 19.0. The van der Waals surface area contributed by atoms with Crippen molar-refractivity contribution in [3.8, 4) is 0 Å². The van der Waals surface area contributed by atoms with Gasteiger partial charge in [0.1, 0.15) is 59.4 Å². The molecule has 26 heteroatoms. The first-order chi connectivity index (χ1) is 52.6. The predicted molar refractivity (Wildman–Crippen MR) is 419 cm³/mol. The number of nitrogens with one attached hydrogen (secondary N) is 10. The molecule has 0 spiro atoms. The minimum absolute atomic E-state index is 0.0235. The Kier molecular flexibility index (Phi) is 35.4. The van der Waals surface area contributed by atoms with E-state index in [9.17, 15) is 48.9 Å². The molecule has 6 aromatic rings. The largest absolute Gasteiger partial charge is 0.480 e. The first-order valence-corrected chi connectivity index (χ1v) is 38.0. The zero-order valence-electron chi connectivity index (χ0n) is 64.2. The van der Waals surface area contributed by atoms with Gasteiger partial charge in [-0.1, -0.05) is 255 Å². The lowest BCUT2D eigenvalue weighted by molar-refractivity contribution is -0.142. The van der Waals surface area contributed by atoms with Crippen LogP contribution in [0.15, 0.2) is 182 Å². The van der Waals surface area contributed by atoms with Crippen LogP contribution in [0.3, 0.4) is 0 Å². The molecule has 11 atom stereocenters. The van der Waals surface area contributed by atoms with E-state index in [0.29, 0.717) is 46.2 Å². The number of amides is 10. The highest BCUT2D eigenvalue weighted by Crippen LogP contribution is 2.39. The summed E-state index contributed by atoms with van der Waals surface area (Å²) in [6.07, 6.45) is 0.742. The molecule has 26 nitrogen and oxygen atoms in total. The second kappa shape index (κ2) is 44.1.